The van der Waals surface area contributed by atoms with Crippen LogP contribution in [0.25, 0.3) is 33.4 Å². The van der Waals surface area contributed by atoms with Crippen LogP contribution >= 0.6 is 7.82 Å². The molecule has 0 unspecified atom stereocenters. The molecular weight excluding hydrogens is 559 g/mol. The van der Waals surface area contributed by atoms with Crippen molar-refractivity contribution in [3.63, 3.8) is 0 Å². The zero-order valence-corrected chi connectivity index (χ0v) is 26.1. The maximum Gasteiger partial charge on any atom is 0.372 e. The topological polar surface area (TPSA) is 77.1 Å². The molecule has 0 spiro atoms. The standard InChI is InChI=1S/C36H37O6P/c1-21-17-25(39-3)13-15-27(21)31-19-23-9-5-7-11-29(23)33-34-30-12-8-6-10-24(30)20-32(28-16-14-26(40-4)18-22(28)2)36(34)42-43(37,38)41-35(31)33/h13-20H,5-12H2,1-4H3,(H,37,38)/p-1. The van der Waals surface area contributed by atoms with Gasteiger partial charge in [0.05, 0.1) is 14.2 Å². The number of hydrogen-bond acceptors (Lipinski definition) is 6. The van der Waals surface area contributed by atoms with Gasteiger partial charge in [0.25, 0.3) is 0 Å². The first-order valence-electron chi connectivity index (χ1n) is 15.2. The highest BCUT2D eigenvalue weighted by atomic mass is 31.2. The molecule has 43 heavy (non-hydrogen) atoms. The molecule has 0 aromatic heterocycles. The van der Waals surface area contributed by atoms with Crippen LogP contribution in [0.2, 0.25) is 0 Å². The van der Waals surface area contributed by atoms with E-state index >= 15 is 0 Å². The van der Waals surface area contributed by atoms with E-state index in [2.05, 4.69) is 12.1 Å². The van der Waals surface area contributed by atoms with E-state index in [0.29, 0.717) is 11.5 Å². The van der Waals surface area contributed by atoms with Crippen molar-refractivity contribution >= 4 is 7.82 Å². The van der Waals surface area contributed by atoms with E-state index in [0.717, 1.165) is 107 Å². The molecule has 4 aromatic rings. The second kappa shape index (κ2) is 10.8. The highest BCUT2D eigenvalue weighted by molar-refractivity contribution is 7.46. The lowest BCUT2D eigenvalue weighted by Crippen LogP contribution is -2.13. The predicted octanol–water partition coefficient (Wildman–Crippen LogP) is 8.32. The molecule has 0 saturated heterocycles. The fraction of sp³-hybridized carbons (Fsp3) is 0.333. The van der Waals surface area contributed by atoms with Gasteiger partial charge >= 0.3 is 7.82 Å². The number of hydrogen-bond donors (Lipinski definition) is 0. The Morgan fingerprint density at radius 3 is 1.44 bits per heavy atom. The Labute approximate surface area is 253 Å². The summed E-state index contributed by atoms with van der Waals surface area (Å²) in [5, 5.41) is 0. The van der Waals surface area contributed by atoms with Crippen molar-refractivity contribution < 1.29 is 28.0 Å². The Morgan fingerprint density at radius 1 is 0.628 bits per heavy atom. The van der Waals surface area contributed by atoms with Crippen molar-refractivity contribution in [1.82, 2.24) is 0 Å². The summed E-state index contributed by atoms with van der Waals surface area (Å²) >= 11 is 0. The molecule has 1 heterocycles. The first kappa shape index (κ1) is 28.1. The monoisotopic (exact) mass is 595 g/mol. The molecule has 4 aromatic carbocycles. The zero-order chi connectivity index (χ0) is 29.9. The molecule has 0 fully saturated rings. The van der Waals surface area contributed by atoms with Crippen molar-refractivity contribution in [2.75, 3.05) is 14.2 Å². The van der Waals surface area contributed by atoms with Gasteiger partial charge in [0.2, 0.25) is 0 Å². The first-order chi connectivity index (χ1) is 20.8. The van der Waals surface area contributed by atoms with Crippen LogP contribution < -0.4 is 23.4 Å². The fourth-order valence-electron chi connectivity index (χ4n) is 7.26. The molecule has 0 N–H and O–H groups in total. The van der Waals surface area contributed by atoms with E-state index in [1.165, 1.54) is 22.3 Å². The van der Waals surface area contributed by atoms with E-state index in [9.17, 15) is 9.46 Å². The number of aryl methyl sites for hydroxylation is 4. The largest absolute Gasteiger partial charge is 0.736 e. The van der Waals surface area contributed by atoms with Gasteiger partial charge in [-0.1, -0.05) is 12.1 Å². The summed E-state index contributed by atoms with van der Waals surface area (Å²) in [5.41, 5.74) is 12.0. The summed E-state index contributed by atoms with van der Waals surface area (Å²) in [6, 6.07) is 16.1. The van der Waals surface area contributed by atoms with Crippen molar-refractivity contribution in [2.45, 2.75) is 65.2 Å². The molecule has 7 heteroatoms. The molecule has 7 rings (SSSR count). The van der Waals surface area contributed by atoms with Crippen molar-refractivity contribution in [3.8, 4) is 56.4 Å². The molecule has 0 saturated carbocycles. The molecule has 0 bridgehead atoms. The summed E-state index contributed by atoms with van der Waals surface area (Å²) in [6.07, 6.45) is 7.90. The summed E-state index contributed by atoms with van der Waals surface area (Å²) < 4.78 is 36.9. The number of fused-ring (bicyclic) bond motifs is 7. The van der Waals surface area contributed by atoms with E-state index in [1.807, 2.05) is 50.2 Å². The predicted molar refractivity (Wildman–Crippen MR) is 167 cm³/mol. The van der Waals surface area contributed by atoms with Crippen LogP contribution in [0, 0.1) is 13.8 Å². The number of benzene rings is 4. The average molecular weight is 596 g/mol. The lowest BCUT2D eigenvalue weighted by atomic mass is 9.77. The van der Waals surface area contributed by atoms with Gasteiger partial charge in [0.1, 0.15) is 23.0 Å². The summed E-state index contributed by atoms with van der Waals surface area (Å²) in [7, 11) is -1.52. The van der Waals surface area contributed by atoms with E-state index in [1.54, 1.807) is 14.2 Å². The fourth-order valence-corrected chi connectivity index (χ4v) is 8.13. The van der Waals surface area contributed by atoms with Crippen molar-refractivity contribution in [3.05, 3.63) is 81.9 Å². The highest BCUT2D eigenvalue weighted by Gasteiger charge is 2.36. The lowest BCUT2D eigenvalue weighted by Gasteiger charge is -2.28. The van der Waals surface area contributed by atoms with Gasteiger partial charge in [-0.15, -0.1) is 0 Å². The third-order valence-corrected chi connectivity index (χ3v) is 10.1. The van der Waals surface area contributed by atoms with E-state index in [4.69, 9.17) is 18.5 Å². The Morgan fingerprint density at radius 2 is 1.05 bits per heavy atom. The Kier molecular flexibility index (Phi) is 7.03. The SMILES string of the molecule is COc1ccc(-c2cc3c(c4c2OP(=O)([O-])Oc2c(-c5ccc(OC)cc5C)cc5c(c2-4)CCCC5)CCCC3)c(C)c1. The van der Waals surface area contributed by atoms with Gasteiger partial charge in [-0.3, -0.25) is 0 Å². The Bertz CT molecular complexity index is 1690. The van der Waals surface area contributed by atoms with Crippen LogP contribution in [0.4, 0.5) is 0 Å². The smallest absolute Gasteiger partial charge is 0.372 e. The van der Waals surface area contributed by atoms with E-state index < -0.39 is 7.82 Å². The van der Waals surface area contributed by atoms with Gasteiger partial charge in [-0.05, 0) is 146 Å². The minimum atomic E-state index is -4.82. The molecule has 222 valence electrons. The molecule has 0 atom stereocenters. The maximum absolute atomic E-state index is 13.8. The second-order valence-corrected chi connectivity index (χ2v) is 13.2. The van der Waals surface area contributed by atoms with Gasteiger partial charge in [0, 0.05) is 22.3 Å². The van der Waals surface area contributed by atoms with Crippen LogP contribution in [0.5, 0.6) is 23.0 Å². The molecule has 0 radical (unpaired) electrons. The highest BCUT2D eigenvalue weighted by Crippen LogP contribution is 2.61. The third kappa shape index (κ3) is 4.81. The number of ether oxygens (including phenoxy) is 2. The summed E-state index contributed by atoms with van der Waals surface area (Å²) in [5.74, 6) is 2.26. The molecule has 6 nitrogen and oxygen atoms in total. The van der Waals surface area contributed by atoms with Gasteiger partial charge in [-0.2, -0.15) is 0 Å². The molecular formula is C36H36O6P-. The van der Waals surface area contributed by atoms with Crippen LogP contribution in [0.15, 0.2) is 48.5 Å². The minimum absolute atomic E-state index is 0.377. The molecule has 0 amide bonds. The number of methoxy groups -OCH3 is 2. The van der Waals surface area contributed by atoms with Gasteiger partial charge in [0.15, 0.2) is 0 Å². The summed E-state index contributed by atoms with van der Waals surface area (Å²) in [6.45, 7) is 4.04. The molecule has 2 aliphatic carbocycles. The quantitative estimate of drug-likeness (QED) is 0.221. The number of rotatable bonds is 4. The third-order valence-electron chi connectivity index (χ3n) is 9.31. The van der Waals surface area contributed by atoms with E-state index in [-0.39, 0.29) is 0 Å². The maximum atomic E-state index is 13.8. The van der Waals surface area contributed by atoms with Crippen molar-refractivity contribution in [1.29, 1.82) is 0 Å². The molecule has 3 aliphatic rings. The van der Waals surface area contributed by atoms with Crippen LogP contribution in [0.3, 0.4) is 0 Å². The van der Waals surface area contributed by atoms with Crippen LogP contribution in [-0.2, 0) is 30.2 Å². The minimum Gasteiger partial charge on any atom is -0.736 e. The molecule has 1 aliphatic heterocycles. The first-order valence-corrected chi connectivity index (χ1v) is 16.6. The van der Waals surface area contributed by atoms with Gasteiger partial charge in [-0.25, -0.2) is 4.57 Å². The van der Waals surface area contributed by atoms with Crippen LogP contribution in [-0.4, -0.2) is 14.2 Å². The normalized spacial score (nSPS) is 16.4. The van der Waals surface area contributed by atoms with Crippen LogP contribution in [0.1, 0.15) is 59.1 Å². The average Bonchev–Trinajstić information content (AvgIpc) is 3.13. The number of phosphoric acid groups is 1. The Balaban J connectivity index is 1.61. The lowest BCUT2D eigenvalue weighted by molar-refractivity contribution is -0.208. The number of phosphoric ester groups is 1. The van der Waals surface area contributed by atoms with Crippen molar-refractivity contribution in [2.24, 2.45) is 0 Å². The van der Waals surface area contributed by atoms with Gasteiger partial charge < -0.3 is 23.4 Å². The summed E-state index contributed by atoms with van der Waals surface area (Å²) in [4.78, 5) is 13.8. The zero-order valence-electron chi connectivity index (χ0n) is 25.2. The second-order valence-electron chi connectivity index (χ2n) is 11.9. The Hall–Kier alpha value is -3.73.